The molecule has 18 heteroatoms. The third-order valence-electron chi connectivity index (χ3n) is 12.1. The number of ether oxygens (including phenoxy) is 1. The highest BCUT2D eigenvalue weighted by Gasteiger charge is 2.36. The first-order chi connectivity index (χ1) is 30.7. The standard InChI is InChI=1S/C46H55N7O9S2/c1-3-53(38-22-18-34(19-23-38)46(57)62-2)64(60,61)39-9-7-8-35(28-39)44(55)50-40-24-25-41(52-26-5-4-6-27-52)51-42(40)45(56)48-36-20-14-32(15-21-36)11-10-31-12-16-33(17-13-31)43(54)49-37-29-47-63(58,59)30-37/h7-9,12-17,20-21,24-25,28,34,37-38,47H,3-6,10-11,18-19,22-23,26-27,29-30H2,1-2H3,(H,48,56)(H,49,54)(H,50,55). The summed E-state index contributed by atoms with van der Waals surface area (Å²) in [7, 11) is -5.99. The maximum atomic E-state index is 14.0. The fourth-order valence-electron chi connectivity index (χ4n) is 8.57. The van der Waals surface area contributed by atoms with E-state index in [0.717, 1.165) is 43.5 Å². The first kappa shape index (κ1) is 46.3. The lowest BCUT2D eigenvalue weighted by atomic mass is 9.86. The highest BCUT2D eigenvalue weighted by Crippen LogP contribution is 2.32. The van der Waals surface area contributed by atoms with Gasteiger partial charge in [-0.2, -0.15) is 4.31 Å². The number of esters is 1. The van der Waals surface area contributed by atoms with Gasteiger partial charge in [0.05, 0.1) is 35.4 Å². The Labute approximate surface area is 374 Å². The van der Waals surface area contributed by atoms with Crippen LogP contribution in [0.1, 0.15) is 94.2 Å². The molecule has 1 unspecified atom stereocenters. The summed E-state index contributed by atoms with van der Waals surface area (Å²) in [5.74, 6) is -1.54. The minimum absolute atomic E-state index is 0.00561. The smallest absolute Gasteiger partial charge is 0.308 e. The van der Waals surface area contributed by atoms with E-state index in [4.69, 9.17) is 9.72 Å². The molecule has 0 spiro atoms. The number of anilines is 3. The van der Waals surface area contributed by atoms with Crippen molar-refractivity contribution in [2.45, 2.75) is 81.7 Å². The highest BCUT2D eigenvalue weighted by atomic mass is 32.2. The summed E-state index contributed by atoms with van der Waals surface area (Å²) in [6, 6.07) is 23.1. The lowest BCUT2D eigenvalue weighted by Crippen LogP contribution is -2.43. The number of rotatable bonds is 15. The van der Waals surface area contributed by atoms with Crippen molar-refractivity contribution in [1.82, 2.24) is 19.3 Å². The average molecular weight is 914 g/mol. The van der Waals surface area contributed by atoms with Gasteiger partial charge in [0.25, 0.3) is 17.7 Å². The van der Waals surface area contributed by atoms with Gasteiger partial charge in [-0.25, -0.2) is 26.5 Å². The van der Waals surface area contributed by atoms with E-state index < -0.39 is 37.9 Å². The summed E-state index contributed by atoms with van der Waals surface area (Å²) >= 11 is 0. The average Bonchev–Trinajstić information content (AvgIpc) is 3.66. The number of aryl methyl sites for hydroxylation is 2. The number of aromatic nitrogens is 1. The van der Waals surface area contributed by atoms with E-state index in [1.165, 1.54) is 35.7 Å². The van der Waals surface area contributed by atoms with Crippen LogP contribution < -0.4 is 25.6 Å². The number of hydrogen-bond donors (Lipinski definition) is 4. The zero-order valence-corrected chi connectivity index (χ0v) is 37.7. The van der Waals surface area contributed by atoms with Crippen LogP contribution in [0, 0.1) is 5.92 Å². The molecule has 2 saturated heterocycles. The Hall–Kier alpha value is -5.69. The summed E-state index contributed by atoms with van der Waals surface area (Å²) in [4.78, 5) is 59.4. The molecule has 4 N–H and O–H groups in total. The number of benzene rings is 3. The van der Waals surface area contributed by atoms with Crippen molar-refractivity contribution in [3.05, 3.63) is 113 Å². The number of nitrogens with one attached hydrogen (secondary N) is 4. The third-order valence-corrected chi connectivity index (χ3v) is 15.6. The molecule has 0 bridgehead atoms. The zero-order valence-electron chi connectivity index (χ0n) is 36.0. The third kappa shape index (κ3) is 11.3. The molecule has 64 heavy (non-hydrogen) atoms. The second kappa shape index (κ2) is 20.4. The zero-order chi connectivity index (χ0) is 45.4. The molecule has 3 amide bonds. The van der Waals surface area contributed by atoms with Gasteiger partial charge in [-0.3, -0.25) is 19.2 Å². The van der Waals surface area contributed by atoms with Gasteiger partial charge in [-0.1, -0.05) is 37.3 Å². The van der Waals surface area contributed by atoms with Crippen LogP contribution in [0.25, 0.3) is 0 Å². The molecule has 2 aliphatic heterocycles. The monoisotopic (exact) mass is 913 g/mol. The number of amides is 3. The van der Waals surface area contributed by atoms with Crippen molar-refractivity contribution < 1.29 is 40.8 Å². The van der Waals surface area contributed by atoms with Crippen LogP contribution in [0.15, 0.2) is 89.8 Å². The molecule has 7 rings (SSSR count). The maximum Gasteiger partial charge on any atom is 0.308 e. The summed E-state index contributed by atoms with van der Waals surface area (Å²) < 4.78 is 60.0. The Morgan fingerprint density at radius 1 is 0.812 bits per heavy atom. The van der Waals surface area contributed by atoms with Crippen LogP contribution in [-0.4, -0.2) is 101 Å². The Bertz CT molecular complexity index is 2560. The van der Waals surface area contributed by atoms with Gasteiger partial charge in [-0.15, -0.1) is 0 Å². The van der Waals surface area contributed by atoms with E-state index in [0.29, 0.717) is 55.6 Å². The van der Waals surface area contributed by atoms with E-state index in [-0.39, 0.29) is 64.5 Å². The second-order valence-electron chi connectivity index (χ2n) is 16.5. The largest absolute Gasteiger partial charge is 0.469 e. The SMILES string of the molecule is CCN(C1CCC(C(=O)OC)CC1)S(=O)(=O)c1cccc(C(=O)Nc2ccc(N3CCCCC3)nc2C(=O)Nc2ccc(CCc3ccc(C(=O)NC4CNS(=O)(=O)C4)cc3)cc2)c1. The van der Waals surface area contributed by atoms with Crippen LogP contribution in [0.2, 0.25) is 0 Å². The molecule has 1 saturated carbocycles. The summed E-state index contributed by atoms with van der Waals surface area (Å²) in [6.45, 7) is 3.74. The van der Waals surface area contributed by atoms with Crippen molar-refractivity contribution in [2.24, 2.45) is 5.92 Å². The molecule has 1 atom stereocenters. The van der Waals surface area contributed by atoms with Crippen LogP contribution in [0.3, 0.4) is 0 Å². The molecule has 0 radical (unpaired) electrons. The van der Waals surface area contributed by atoms with Crippen molar-refractivity contribution in [3.8, 4) is 0 Å². The minimum atomic E-state index is -4.00. The van der Waals surface area contributed by atoms with Crippen molar-refractivity contribution >= 4 is 60.9 Å². The van der Waals surface area contributed by atoms with Gasteiger partial charge in [0.1, 0.15) is 5.82 Å². The molecule has 340 valence electrons. The fourth-order valence-corrected chi connectivity index (χ4v) is 11.6. The van der Waals surface area contributed by atoms with Crippen molar-refractivity contribution in [3.63, 3.8) is 0 Å². The van der Waals surface area contributed by atoms with E-state index in [1.807, 2.05) is 24.3 Å². The van der Waals surface area contributed by atoms with Gasteiger partial charge in [0.15, 0.2) is 5.69 Å². The van der Waals surface area contributed by atoms with Crippen molar-refractivity contribution in [1.29, 1.82) is 0 Å². The summed E-state index contributed by atoms with van der Waals surface area (Å²) in [6.07, 6.45) is 6.56. The predicted octanol–water partition coefficient (Wildman–Crippen LogP) is 5.14. The quantitative estimate of drug-likeness (QED) is 0.115. The highest BCUT2D eigenvalue weighted by molar-refractivity contribution is 7.89. The van der Waals surface area contributed by atoms with Crippen LogP contribution in [0.4, 0.5) is 17.2 Å². The van der Waals surface area contributed by atoms with Gasteiger partial charge in [-0.05, 0) is 124 Å². The first-order valence-corrected chi connectivity index (χ1v) is 24.9. The van der Waals surface area contributed by atoms with Gasteiger partial charge < -0.3 is 25.6 Å². The molecule has 1 aromatic heterocycles. The van der Waals surface area contributed by atoms with E-state index in [9.17, 15) is 36.0 Å². The normalized spacial score (nSPS) is 19.7. The topological polar surface area (TPSA) is 213 Å². The Kier molecular flexibility index (Phi) is 14.8. The maximum absolute atomic E-state index is 14.0. The van der Waals surface area contributed by atoms with E-state index in [2.05, 4.69) is 25.6 Å². The Morgan fingerprint density at radius 2 is 1.48 bits per heavy atom. The lowest BCUT2D eigenvalue weighted by molar-refractivity contribution is -0.146. The fraction of sp³-hybridized carbons (Fsp3) is 0.413. The van der Waals surface area contributed by atoms with Gasteiger partial charge >= 0.3 is 5.97 Å². The number of piperidine rings is 1. The van der Waals surface area contributed by atoms with Gasteiger partial charge in [0, 0.05) is 49.0 Å². The number of nitrogens with zero attached hydrogens (tertiary/aromatic N) is 3. The number of methoxy groups -OCH3 is 1. The molecule has 1 aliphatic carbocycles. The number of pyridine rings is 1. The minimum Gasteiger partial charge on any atom is -0.469 e. The lowest BCUT2D eigenvalue weighted by Gasteiger charge is -2.34. The first-order valence-electron chi connectivity index (χ1n) is 21.8. The number of carbonyl (C=O) groups excluding carboxylic acids is 4. The molecule has 4 aromatic rings. The molecule has 3 aliphatic rings. The molecular formula is C46H55N7O9S2. The van der Waals surface area contributed by atoms with Crippen LogP contribution in [-0.2, 0) is 42.4 Å². The van der Waals surface area contributed by atoms with Crippen LogP contribution in [0.5, 0.6) is 0 Å². The Balaban J connectivity index is 1.01. The molecular weight excluding hydrogens is 859 g/mol. The van der Waals surface area contributed by atoms with Gasteiger partial charge in [0.2, 0.25) is 20.0 Å². The Morgan fingerprint density at radius 3 is 2.11 bits per heavy atom. The van der Waals surface area contributed by atoms with Crippen molar-refractivity contribution in [2.75, 3.05) is 54.6 Å². The number of carbonyl (C=O) groups is 4. The number of sulfonamides is 2. The predicted molar refractivity (Wildman–Crippen MR) is 243 cm³/mol. The summed E-state index contributed by atoms with van der Waals surface area (Å²) in [5.41, 5.74) is 3.26. The molecule has 3 heterocycles. The second-order valence-corrected chi connectivity index (χ2v) is 20.2. The van der Waals surface area contributed by atoms with Crippen LogP contribution >= 0.6 is 0 Å². The number of hydrogen-bond acceptors (Lipinski definition) is 11. The molecule has 3 aromatic carbocycles. The molecule has 16 nitrogen and oxygen atoms in total. The summed E-state index contributed by atoms with van der Waals surface area (Å²) in [5, 5.41) is 8.50. The van der Waals surface area contributed by atoms with E-state index >= 15 is 0 Å². The molecule has 3 fully saturated rings. The van der Waals surface area contributed by atoms with E-state index in [1.54, 1.807) is 43.3 Å².